The van der Waals surface area contributed by atoms with Gasteiger partial charge in [-0.15, -0.1) is 21.5 Å². The van der Waals surface area contributed by atoms with Crippen molar-refractivity contribution in [1.82, 2.24) is 15.2 Å². The molecule has 0 fully saturated rings. The van der Waals surface area contributed by atoms with Gasteiger partial charge in [-0.1, -0.05) is 23.9 Å². The second-order valence-corrected chi connectivity index (χ2v) is 7.69. The van der Waals surface area contributed by atoms with Crippen LogP contribution in [0.5, 0.6) is 5.75 Å². The zero-order valence-electron chi connectivity index (χ0n) is 14.8. The largest absolute Gasteiger partial charge is 0.484 e. The first-order chi connectivity index (χ1) is 13.2. The first-order valence-electron chi connectivity index (χ1n) is 8.31. The lowest BCUT2D eigenvalue weighted by molar-refractivity contribution is 0.252. The highest BCUT2D eigenvalue weighted by molar-refractivity contribution is 7.98. The monoisotopic (exact) mass is 399 g/mol. The number of aromatic nitrogens is 3. The molecule has 3 aromatic heterocycles. The molecule has 0 saturated carbocycles. The zero-order valence-corrected chi connectivity index (χ0v) is 16.5. The average molecular weight is 399 g/mol. The Kier molecular flexibility index (Phi) is 5.26. The van der Waals surface area contributed by atoms with Crippen molar-refractivity contribution in [2.75, 3.05) is 0 Å². The van der Waals surface area contributed by atoms with Gasteiger partial charge in [0.05, 0.1) is 5.69 Å². The summed E-state index contributed by atoms with van der Waals surface area (Å²) < 4.78 is 16.9. The summed E-state index contributed by atoms with van der Waals surface area (Å²) in [4.78, 5) is 4.59. The van der Waals surface area contributed by atoms with Crippen LogP contribution in [0.3, 0.4) is 0 Å². The van der Waals surface area contributed by atoms with Gasteiger partial charge in [-0.25, -0.2) is 4.98 Å². The molecule has 0 aliphatic heterocycles. The van der Waals surface area contributed by atoms with Crippen LogP contribution in [-0.4, -0.2) is 15.2 Å². The molecule has 0 amide bonds. The first kappa shape index (κ1) is 17.8. The summed E-state index contributed by atoms with van der Waals surface area (Å²) in [5, 5.41) is 11.5. The normalized spacial score (nSPS) is 11.0. The number of hydrogen-bond acceptors (Lipinski definition) is 8. The number of benzene rings is 1. The molecular formula is C19H17N3O3S2. The van der Waals surface area contributed by atoms with E-state index in [9.17, 15) is 0 Å². The Balaban J connectivity index is 1.31. The van der Waals surface area contributed by atoms with E-state index in [-0.39, 0.29) is 6.61 Å². The van der Waals surface area contributed by atoms with E-state index in [0.29, 0.717) is 16.9 Å². The van der Waals surface area contributed by atoms with Gasteiger partial charge in [0.1, 0.15) is 11.5 Å². The number of thioether (sulfide) groups is 1. The number of hydrogen-bond donors (Lipinski definition) is 0. The quantitative estimate of drug-likeness (QED) is 0.392. The third-order valence-corrected chi connectivity index (χ3v) is 5.40. The van der Waals surface area contributed by atoms with Crippen LogP contribution in [0.25, 0.3) is 10.8 Å². The number of ether oxygens (including phenoxy) is 1. The summed E-state index contributed by atoms with van der Waals surface area (Å²) in [6.07, 6.45) is 0. The van der Waals surface area contributed by atoms with Crippen molar-refractivity contribution in [2.24, 2.45) is 0 Å². The lowest BCUT2D eigenvalue weighted by atomic mass is 10.2. The van der Waals surface area contributed by atoms with Crippen LogP contribution >= 0.6 is 23.1 Å². The Morgan fingerprint density at radius 3 is 2.85 bits per heavy atom. The fourth-order valence-corrected chi connectivity index (χ4v) is 3.93. The molecule has 6 nitrogen and oxygen atoms in total. The predicted octanol–water partition coefficient (Wildman–Crippen LogP) is 5.27. The Morgan fingerprint density at radius 2 is 2.04 bits per heavy atom. The summed E-state index contributed by atoms with van der Waals surface area (Å²) in [6, 6.07) is 11.7. The van der Waals surface area contributed by atoms with E-state index < -0.39 is 0 Å². The van der Waals surface area contributed by atoms with Crippen molar-refractivity contribution >= 4 is 23.1 Å². The number of thiazole rings is 1. The topological polar surface area (TPSA) is 74.2 Å². The number of aryl methyl sites for hydroxylation is 2. The highest BCUT2D eigenvalue weighted by Crippen LogP contribution is 2.28. The molecule has 0 atom stereocenters. The van der Waals surface area contributed by atoms with Crippen molar-refractivity contribution in [1.29, 1.82) is 0 Å². The van der Waals surface area contributed by atoms with E-state index in [0.717, 1.165) is 33.5 Å². The molecule has 0 aliphatic carbocycles. The molecule has 0 aliphatic rings. The van der Waals surface area contributed by atoms with Crippen molar-refractivity contribution < 1.29 is 13.6 Å². The fourth-order valence-electron chi connectivity index (χ4n) is 2.38. The summed E-state index contributed by atoms with van der Waals surface area (Å²) in [7, 11) is 0. The van der Waals surface area contributed by atoms with Gasteiger partial charge in [0.2, 0.25) is 0 Å². The third-order valence-electron chi connectivity index (χ3n) is 3.65. The minimum Gasteiger partial charge on any atom is -0.484 e. The van der Waals surface area contributed by atoms with Gasteiger partial charge in [-0.2, -0.15) is 0 Å². The molecule has 138 valence electrons. The van der Waals surface area contributed by atoms with Crippen LogP contribution in [0, 0.1) is 13.8 Å². The van der Waals surface area contributed by atoms with Crippen LogP contribution in [0.4, 0.5) is 0 Å². The molecule has 0 bridgehead atoms. The first-order valence-corrected chi connectivity index (χ1v) is 10.2. The summed E-state index contributed by atoms with van der Waals surface area (Å²) in [5.41, 5.74) is 2.09. The van der Waals surface area contributed by atoms with Gasteiger partial charge < -0.3 is 13.6 Å². The Hall–Kier alpha value is -2.58. The molecular weight excluding hydrogens is 382 g/mol. The van der Waals surface area contributed by atoms with Crippen LogP contribution in [-0.2, 0) is 12.4 Å². The maximum Gasteiger partial charge on any atom is 0.277 e. The smallest absolute Gasteiger partial charge is 0.277 e. The summed E-state index contributed by atoms with van der Waals surface area (Å²) in [5.74, 6) is 3.55. The van der Waals surface area contributed by atoms with Gasteiger partial charge in [-0.05, 0) is 43.7 Å². The maximum atomic E-state index is 5.68. The van der Waals surface area contributed by atoms with E-state index in [2.05, 4.69) is 15.2 Å². The standard InChI is InChI=1S/C19H17N3O3S2/c1-12-4-3-5-15(8-12)23-9-17-21-22-19(25-17)27-11-14-10-26-18(20-14)16-7-6-13(2)24-16/h3-8,10H,9,11H2,1-2H3. The molecule has 0 saturated heterocycles. The van der Waals surface area contributed by atoms with Crippen LogP contribution in [0.2, 0.25) is 0 Å². The zero-order chi connectivity index (χ0) is 18.6. The van der Waals surface area contributed by atoms with Gasteiger partial charge in [-0.3, -0.25) is 0 Å². The lowest BCUT2D eigenvalue weighted by Gasteiger charge is -2.03. The van der Waals surface area contributed by atoms with Crippen molar-refractivity contribution in [3.05, 3.63) is 64.7 Å². The van der Waals surface area contributed by atoms with E-state index in [1.54, 1.807) is 11.3 Å². The van der Waals surface area contributed by atoms with Crippen molar-refractivity contribution in [2.45, 2.75) is 31.4 Å². The molecule has 4 aromatic rings. The molecule has 1 aromatic carbocycles. The summed E-state index contributed by atoms with van der Waals surface area (Å²) >= 11 is 3.01. The van der Waals surface area contributed by atoms with Crippen LogP contribution in [0.15, 0.2) is 55.8 Å². The van der Waals surface area contributed by atoms with Crippen molar-refractivity contribution in [3.8, 4) is 16.5 Å². The van der Waals surface area contributed by atoms with Crippen LogP contribution < -0.4 is 4.74 Å². The molecule has 3 heterocycles. The fraction of sp³-hybridized carbons (Fsp3) is 0.211. The number of rotatable bonds is 7. The molecule has 0 radical (unpaired) electrons. The SMILES string of the molecule is Cc1cccc(OCc2nnc(SCc3csc(-c4ccc(C)o4)n3)o2)c1. The highest BCUT2D eigenvalue weighted by Gasteiger charge is 2.11. The average Bonchev–Trinajstić information content (AvgIpc) is 3.39. The van der Waals surface area contributed by atoms with Gasteiger partial charge in [0.15, 0.2) is 17.4 Å². The van der Waals surface area contributed by atoms with Crippen molar-refractivity contribution in [3.63, 3.8) is 0 Å². The van der Waals surface area contributed by atoms with E-state index in [1.165, 1.54) is 11.8 Å². The number of furan rings is 1. The molecule has 0 spiro atoms. The molecule has 0 N–H and O–H groups in total. The van der Waals surface area contributed by atoms with E-state index in [1.807, 2.05) is 55.6 Å². The van der Waals surface area contributed by atoms with Crippen LogP contribution in [0.1, 0.15) is 22.9 Å². The van der Waals surface area contributed by atoms with Gasteiger partial charge in [0, 0.05) is 11.1 Å². The Morgan fingerprint density at radius 1 is 1.11 bits per heavy atom. The number of nitrogens with zero attached hydrogens (tertiary/aromatic N) is 3. The second-order valence-electron chi connectivity index (χ2n) is 5.91. The molecule has 0 unspecified atom stereocenters. The molecule has 27 heavy (non-hydrogen) atoms. The highest BCUT2D eigenvalue weighted by atomic mass is 32.2. The lowest BCUT2D eigenvalue weighted by Crippen LogP contribution is -1.95. The van der Waals surface area contributed by atoms with E-state index >= 15 is 0 Å². The van der Waals surface area contributed by atoms with Gasteiger partial charge >= 0.3 is 0 Å². The third kappa shape index (κ3) is 4.58. The molecule has 4 rings (SSSR count). The molecule has 8 heteroatoms. The Bertz CT molecular complexity index is 1040. The minimum absolute atomic E-state index is 0.246. The maximum absolute atomic E-state index is 5.68. The predicted molar refractivity (Wildman–Crippen MR) is 104 cm³/mol. The van der Waals surface area contributed by atoms with Gasteiger partial charge in [0.25, 0.3) is 11.1 Å². The Labute approximate surface area is 164 Å². The van der Waals surface area contributed by atoms with E-state index in [4.69, 9.17) is 13.6 Å². The second kappa shape index (κ2) is 7.98. The minimum atomic E-state index is 0.246. The summed E-state index contributed by atoms with van der Waals surface area (Å²) in [6.45, 7) is 4.19.